The van der Waals surface area contributed by atoms with Crippen molar-refractivity contribution in [3.63, 3.8) is 0 Å². The fourth-order valence-electron chi connectivity index (χ4n) is 2.35. The van der Waals surface area contributed by atoms with Gasteiger partial charge in [0.25, 0.3) is 0 Å². The first-order valence-corrected chi connectivity index (χ1v) is 12.0. The molecule has 3 aromatic heterocycles. The third-order valence-electron chi connectivity index (χ3n) is 3.59. The summed E-state index contributed by atoms with van der Waals surface area (Å²) in [5, 5.41) is 7.71. The number of rotatable bonds is 7. The second-order valence-corrected chi connectivity index (χ2v) is 10.1. The molecule has 0 aliphatic rings. The number of nitrogens with zero attached hydrogens (tertiary/aromatic N) is 2. The van der Waals surface area contributed by atoms with Crippen molar-refractivity contribution in [2.24, 2.45) is 0 Å². The predicted octanol–water partition coefficient (Wildman–Crippen LogP) is 5.62. The second-order valence-electron chi connectivity index (χ2n) is 5.65. The number of carbonyl (C=O) groups excluding carboxylic acids is 2. The van der Waals surface area contributed by atoms with E-state index in [1.165, 1.54) is 45.8 Å². The van der Waals surface area contributed by atoms with E-state index in [1.807, 2.05) is 35.0 Å². The molecule has 0 aliphatic carbocycles. The van der Waals surface area contributed by atoms with Gasteiger partial charge in [0.2, 0.25) is 5.91 Å². The summed E-state index contributed by atoms with van der Waals surface area (Å²) in [4.78, 5) is 33.9. The molecule has 0 saturated heterocycles. The van der Waals surface area contributed by atoms with E-state index in [0.29, 0.717) is 21.6 Å². The lowest BCUT2D eigenvalue weighted by molar-refractivity contribution is -0.115. The lowest BCUT2D eigenvalue weighted by Gasteiger charge is -1.99. The lowest BCUT2D eigenvalue weighted by atomic mass is 10.3. The van der Waals surface area contributed by atoms with Gasteiger partial charge in [-0.25, -0.2) is 9.97 Å². The van der Waals surface area contributed by atoms with Crippen molar-refractivity contribution in [3.05, 3.63) is 56.7 Å². The highest BCUT2D eigenvalue weighted by molar-refractivity contribution is 8.01. The zero-order chi connectivity index (χ0) is 19.5. The summed E-state index contributed by atoms with van der Waals surface area (Å²) in [7, 11) is 0. The molecule has 1 aromatic carbocycles. The van der Waals surface area contributed by atoms with Crippen LogP contribution >= 0.6 is 57.4 Å². The number of fused-ring (bicyclic) bond motifs is 1. The number of hydrogen-bond donors (Lipinski definition) is 1. The van der Waals surface area contributed by atoms with Gasteiger partial charge in [-0.2, -0.15) is 0 Å². The molecule has 3 heterocycles. The number of thiophene rings is 1. The number of Topliss-reactive ketones (excluding diaryl/α,β-unsaturated/α-hetero) is 1. The van der Waals surface area contributed by atoms with E-state index in [-0.39, 0.29) is 18.1 Å². The fraction of sp³-hybridized carbons (Fsp3) is 0.111. The quantitative estimate of drug-likeness (QED) is 0.283. The Hall–Kier alpha value is -1.78. The van der Waals surface area contributed by atoms with Crippen molar-refractivity contribution in [2.75, 3.05) is 11.1 Å². The first-order chi connectivity index (χ1) is 13.6. The van der Waals surface area contributed by atoms with Crippen LogP contribution < -0.4 is 5.32 Å². The van der Waals surface area contributed by atoms with E-state index in [0.717, 1.165) is 19.4 Å². The smallest absolute Gasteiger partial charge is 0.232 e. The van der Waals surface area contributed by atoms with Gasteiger partial charge in [-0.15, -0.1) is 22.7 Å². The van der Waals surface area contributed by atoms with Gasteiger partial charge in [-0.1, -0.05) is 40.8 Å². The van der Waals surface area contributed by atoms with Gasteiger partial charge in [0.1, 0.15) is 0 Å². The molecule has 5 nitrogen and oxygen atoms in total. The first-order valence-electron chi connectivity index (χ1n) is 8.07. The summed E-state index contributed by atoms with van der Waals surface area (Å²) in [5.74, 6) is 0.251. The van der Waals surface area contributed by atoms with Gasteiger partial charge < -0.3 is 5.32 Å². The molecule has 0 unspecified atom stereocenters. The number of anilines is 1. The van der Waals surface area contributed by atoms with E-state index in [9.17, 15) is 9.59 Å². The molecule has 142 valence electrons. The molecule has 1 N–H and O–H groups in total. The van der Waals surface area contributed by atoms with Crippen molar-refractivity contribution in [1.29, 1.82) is 0 Å². The van der Waals surface area contributed by atoms with E-state index >= 15 is 0 Å². The summed E-state index contributed by atoms with van der Waals surface area (Å²) in [6.07, 6.45) is 0.159. The van der Waals surface area contributed by atoms with Crippen molar-refractivity contribution < 1.29 is 9.59 Å². The van der Waals surface area contributed by atoms with Gasteiger partial charge >= 0.3 is 0 Å². The molecule has 1 amide bonds. The van der Waals surface area contributed by atoms with Crippen LogP contribution in [-0.4, -0.2) is 27.4 Å². The number of ketones is 1. The maximum atomic E-state index is 12.3. The fourth-order valence-corrected chi connectivity index (χ4v) is 5.99. The van der Waals surface area contributed by atoms with Gasteiger partial charge in [0.15, 0.2) is 15.3 Å². The number of benzene rings is 1. The predicted molar refractivity (Wildman–Crippen MR) is 118 cm³/mol. The number of thiazole rings is 2. The number of nitrogens with one attached hydrogen (secondary N) is 1. The van der Waals surface area contributed by atoms with Crippen LogP contribution in [0.1, 0.15) is 15.4 Å². The molecule has 4 rings (SSSR count). The summed E-state index contributed by atoms with van der Waals surface area (Å²) in [6, 6.07) is 9.10. The first kappa shape index (κ1) is 19.5. The molecular formula is C18H12ClN3O2S4. The number of halogens is 1. The minimum atomic E-state index is -0.179. The van der Waals surface area contributed by atoms with Crippen LogP contribution in [0.25, 0.3) is 10.2 Å². The van der Waals surface area contributed by atoms with Crippen LogP contribution in [-0.2, 0) is 11.2 Å². The average Bonchev–Trinajstić information content (AvgIpc) is 3.40. The maximum Gasteiger partial charge on any atom is 0.232 e. The highest BCUT2D eigenvalue weighted by atomic mass is 35.5. The molecule has 0 spiro atoms. The topological polar surface area (TPSA) is 72.0 Å². The zero-order valence-corrected chi connectivity index (χ0v) is 18.2. The Balaban J connectivity index is 1.32. The standard InChI is InChI=1S/C18H12ClN3O2S4/c19-10-3-4-12-15(6-10)28-17(21-12)22-16(24)7-11-8-26-18(20-11)27-9-13(23)14-2-1-5-25-14/h1-6,8H,7,9H2,(H,21,22,24). The molecule has 0 saturated carbocycles. The van der Waals surface area contributed by atoms with E-state index < -0.39 is 0 Å². The Morgan fingerprint density at radius 2 is 2.07 bits per heavy atom. The molecule has 28 heavy (non-hydrogen) atoms. The van der Waals surface area contributed by atoms with Crippen LogP contribution in [0, 0.1) is 0 Å². The van der Waals surface area contributed by atoms with Crippen LogP contribution in [0.15, 0.2) is 45.4 Å². The molecule has 0 aliphatic heterocycles. The Labute approximate surface area is 181 Å². The van der Waals surface area contributed by atoms with Gasteiger partial charge in [-0.05, 0) is 29.6 Å². The molecular weight excluding hydrogens is 454 g/mol. The maximum absolute atomic E-state index is 12.3. The van der Waals surface area contributed by atoms with Gasteiger partial charge in [0, 0.05) is 10.4 Å². The summed E-state index contributed by atoms with van der Waals surface area (Å²) < 4.78 is 1.70. The van der Waals surface area contributed by atoms with E-state index in [4.69, 9.17) is 11.6 Å². The molecule has 4 aromatic rings. The second kappa shape index (κ2) is 8.71. The Bertz CT molecular complexity index is 1140. The van der Waals surface area contributed by atoms with Crippen LogP contribution in [0.2, 0.25) is 5.02 Å². The monoisotopic (exact) mass is 465 g/mol. The largest absolute Gasteiger partial charge is 0.302 e. The van der Waals surface area contributed by atoms with Crippen LogP contribution in [0.5, 0.6) is 0 Å². The summed E-state index contributed by atoms with van der Waals surface area (Å²) in [5.41, 5.74) is 1.48. The van der Waals surface area contributed by atoms with E-state index in [2.05, 4.69) is 15.3 Å². The Morgan fingerprint density at radius 1 is 1.18 bits per heavy atom. The third kappa shape index (κ3) is 4.79. The Kier molecular flexibility index (Phi) is 6.07. The summed E-state index contributed by atoms with van der Waals surface area (Å²) in [6.45, 7) is 0. The number of carbonyl (C=O) groups is 2. The normalized spacial score (nSPS) is 11.0. The van der Waals surface area contributed by atoms with Gasteiger partial charge in [0.05, 0.1) is 33.0 Å². The minimum Gasteiger partial charge on any atom is -0.302 e. The number of hydrogen-bond acceptors (Lipinski definition) is 8. The Morgan fingerprint density at radius 3 is 2.89 bits per heavy atom. The molecule has 0 radical (unpaired) electrons. The van der Waals surface area contributed by atoms with Crippen molar-refractivity contribution in [3.8, 4) is 0 Å². The minimum absolute atomic E-state index is 0.0884. The number of amides is 1. The molecule has 0 atom stereocenters. The third-order valence-corrected chi connectivity index (χ3v) is 7.74. The van der Waals surface area contributed by atoms with Crippen molar-refractivity contribution in [2.45, 2.75) is 10.8 Å². The zero-order valence-electron chi connectivity index (χ0n) is 14.2. The molecule has 0 fully saturated rings. The highest BCUT2D eigenvalue weighted by Crippen LogP contribution is 2.29. The number of aromatic nitrogens is 2. The van der Waals surface area contributed by atoms with Crippen molar-refractivity contribution in [1.82, 2.24) is 9.97 Å². The average molecular weight is 466 g/mol. The molecule has 10 heteroatoms. The van der Waals surface area contributed by atoms with Crippen molar-refractivity contribution >= 4 is 84.4 Å². The lowest BCUT2D eigenvalue weighted by Crippen LogP contribution is -2.14. The van der Waals surface area contributed by atoms with Crippen LogP contribution in [0.3, 0.4) is 0 Å². The van der Waals surface area contributed by atoms with Gasteiger partial charge in [-0.3, -0.25) is 9.59 Å². The number of thioether (sulfide) groups is 1. The van der Waals surface area contributed by atoms with Crippen LogP contribution in [0.4, 0.5) is 5.13 Å². The molecule has 0 bridgehead atoms. The summed E-state index contributed by atoms with van der Waals surface area (Å²) >= 11 is 11.6. The highest BCUT2D eigenvalue weighted by Gasteiger charge is 2.13. The van der Waals surface area contributed by atoms with E-state index in [1.54, 1.807) is 6.07 Å². The SMILES string of the molecule is O=C(Cc1csc(SCC(=O)c2cccs2)n1)Nc1nc2ccc(Cl)cc2s1.